The summed E-state index contributed by atoms with van der Waals surface area (Å²) in [6.07, 6.45) is 8.79. The number of aromatic nitrogens is 6. The van der Waals surface area contributed by atoms with Crippen LogP contribution in [0.4, 0.5) is 4.79 Å². The Hall–Kier alpha value is -5.10. The summed E-state index contributed by atoms with van der Waals surface area (Å²) < 4.78 is 4.75. The van der Waals surface area contributed by atoms with Gasteiger partial charge >= 0.3 is 6.09 Å². The molecule has 2 saturated heterocycles. The summed E-state index contributed by atoms with van der Waals surface area (Å²) in [7, 11) is 1.30. The third-order valence-electron chi connectivity index (χ3n) is 9.17. The maximum atomic E-state index is 13.5. The largest absolute Gasteiger partial charge is 0.453 e. The molecule has 5 heterocycles. The van der Waals surface area contributed by atoms with Crippen LogP contribution in [0.1, 0.15) is 63.3 Å². The van der Waals surface area contributed by atoms with Crippen LogP contribution in [-0.2, 0) is 9.53 Å². The van der Waals surface area contributed by atoms with E-state index in [2.05, 4.69) is 49.9 Å². The third kappa shape index (κ3) is 6.20. The molecule has 0 spiro atoms. The maximum absolute atomic E-state index is 13.5. The first-order chi connectivity index (χ1) is 22.9. The molecule has 2 aromatic carbocycles. The van der Waals surface area contributed by atoms with Gasteiger partial charge in [-0.1, -0.05) is 44.2 Å². The number of likely N-dealkylation sites (tertiary alicyclic amines) is 1. The van der Waals surface area contributed by atoms with Crippen molar-refractivity contribution < 1.29 is 14.3 Å². The van der Waals surface area contributed by atoms with Gasteiger partial charge in [-0.25, -0.2) is 14.8 Å². The summed E-state index contributed by atoms with van der Waals surface area (Å²) in [6.45, 7) is 5.45. The number of aromatic amines is 2. The fourth-order valence-electron chi connectivity index (χ4n) is 6.56. The molecule has 0 radical (unpaired) electrons. The Morgan fingerprint density at radius 3 is 2.34 bits per heavy atom. The van der Waals surface area contributed by atoms with Crippen LogP contribution in [0.3, 0.4) is 0 Å². The quantitative estimate of drug-likeness (QED) is 0.174. The standard InChI is InChI=1S/C35H39N9O3/c1-20(2)31(43-35(46)47-3)34(45)44-15-5-7-30(44)33-40-24-13-12-23(16-26(24)41-33)28-18-37-27(17-38-28)21-8-10-22(11-9-21)29-19-39-32(42-29)25-6-4-14-36-25/h8-13,16-20,25,30-31,36H,4-7,14-15H2,1-3H3,(H,39,42)(H,40,41)(H,43,46). The number of carbonyl (C=O) groups excluding carboxylic acids is 2. The number of carbonyl (C=O) groups is 2. The number of imidazole rings is 2. The third-order valence-corrected chi connectivity index (χ3v) is 9.17. The summed E-state index contributed by atoms with van der Waals surface area (Å²) in [6, 6.07) is 13.6. The zero-order valence-corrected chi connectivity index (χ0v) is 26.8. The molecule has 0 aliphatic carbocycles. The van der Waals surface area contributed by atoms with Crippen LogP contribution < -0.4 is 10.6 Å². The first-order valence-electron chi connectivity index (χ1n) is 16.2. The fraction of sp³-hybridized carbons (Fsp3) is 0.371. The molecule has 2 fully saturated rings. The average molecular weight is 634 g/mol. The van der Waals surface area contributed by atoms with Crippen molar-refractivity contribution in [3.8, 4) is 33.8 Å². The second-order valence-corrected chi connectivity index (χ2v) is 12.6. The van der Waals surface area contributed by atoms with E-state index in [1.54, 1.807) is 12.4 Å². The van der Waals surface area contributed by atoms with E-state index in [1.165, 1.54) is 13.5 Å². The van der Waals surface area contributed by atoms with Crippen LogP contribution in [0.15, 0.2) is 61.1 Å². The topological polar surface area (TPSA) is 154 Å². The van der Waals surface area contributed by atoms with Gasteiger partial charge in [-0.3, -0.25) is 14.8 Å². The van der Waals surface area contributed by atoms with Crippen LogP contribution in [0, 0.1) is 5.92 Å². The summed E-state index contributed by atoms with van der Waals surface area (Å²) in [5, 5.41) is 6.18. The number of methoxy groups -OCH3 is 1. The fourth-order valence-corrected chi connectivity index (χ4v) is 6.56. The molecular formula is C35H39N9O3. The highest BCUT2D eigenvalue weighted by molar-refractivity contribution is 5.87. The lowest BCUT2D eigenvalue weighted by atomic mass is 10.0. The van der Waals surface area contributed by atoms with Crippen molar-refractivity contribution in [1.29, 1.82) is 0 Å². The Bertz CT molecular complexity index is 1870. The van der Waals surface area contributed by atoms with E-state index in [-0.39, 0.29) is 17.9 Å². The second kappa shape index (κ2) is 13.0. The van der Waals surface area contributed by atoms with Crippen molar-refractivity contribution in [2.45, 2.75) is 57.7 Å². The SMILES string of the molecule is COC(=O)NC(C(=O)N1CCCC1c1nc2ccc(-c3cnc(-c4ccc(-c5cnc(C6CCCN6)[nH]5)cc4)cn3)cc2[nH]1)C(C)C. The van der Waals surface area contributed by atoms with Gasteiger partial charge in [-0.05, 0) is 55.8 Å². The predicted octanol–water partition coefficient (Wildman–Crippen LogP) is 5.55. The van der Waals surface area contributed by atoms with Gasteiger partial charge in [0.05, 0.1) is 65.9 Å². The first-order valence-corrected chi connectivity index (χ1v) is 16.2. The lowest BCUT2D eigenvalue weighted by Crippen LogP contribution is -2.51. The Morgan fingerprint density at radius 1 is 0.894 bits per heavy atom. The van der Waals surface area contributed by atoms with Crippen molar-refractivity contribution in [3.05, 3.63) is 72.7 Å². The van der Waals surface area contributed by atoms with Gasteiger partial charge in [0.25, 0.3) is 0 Å². The van der Waals surface area contributed by atoms with E-state index in [9.17, 15) is 9.59 Å². The molecule has 2 aliphatic heterocycles. The molecular weight excluding hydrogens is 594 g/mol. The zero-order chi connectivity index (χ0) is 32.5. The van der Waals surface area contributed by atoms with E-state index in [4.69, 9.17) is 19.7 Å². The Balaban J connectivity index is 1.05. The molecule has 3 atom stereocenters. The van der Waals surface area contributed by atoms with E-state index in [0.29, 0.717) is 12.6 Å². The number of nitrogens with one attached hydrogen (secondary N) is 4. The minimum atomic E-state index is -0.679. The van der Waals surface area contributed by atoms with Crippen molar-refractivity contribution in [3.63, 3.8) is 0 Å². The highest BCUT2D eigenvalue weighted by atomic mass is 16.5. The highest BCUT2D eigenvalue weighted by Gasteiger charge is 2.37. The number of rotatable bonds is 8. The van der Waals surface area contributed by atoms with Gasteiger partial charge in [-0.15, -0.1) is 0 Å². The Labute approximate surface area is 272 Å². The van der Waals surface area contributed by atoms with Crippen LogP contribution >= 0.6 is 0 Å². The molecule has 0 bridgehead atoms. The van der Waals surface area contributed by atoms with Crippen LogP contribution in [0.25, 0.3) is 44.8 Å². The Kier molecular flexibility index (Phi) is 8.42. The molecule has 12 nitrogen and oxygen atoms in total. The molecule has 12 heteroatoms. The summed E-state index contributed by atoms with van der Waals surface area (Å²) in [5.74, 6) is 1.50. The van der Waals surface area contributed by atoms with Crippen molar-refractivity contribution in [2.24, 2.45) is 5.92 Å². The minimum absolute atomic E-state index is 0.0950. The summed E-state index contributed by atoms with van der Waals surface area (Å²) in [4.78, 5) is 53.1. The smallest absolute Gasteiger partial charge is 0.407 e. The molecule has 0 saturated carbocycles. The number of H-pyrrole nitrogens is 2. The summed E-state index contributed by atoms with van der Waals surface area (Å²) in [5.41, 5.74) is 7.18. The van der Waals surface area contributed by atoms with Gasteiger partial charge in [0.1, 0.15) is 17.7 Å². The van der Waals surface area contributed by atoms with Crippen LogP contribution in [0.2, 0.25) is 0 Å². The lowest BCUT2D eigenvalue weighted by Gasteiger charge is -2.29. The number of nitrogens with zero attached hydrogens (tertiary/aromatic N) is 5. The minimum Gasteiger partial charge on any atom is -0.453 e. The number of alkyl carbamates (subject to hydrolysis) is 1. The van der Waals surface area contributed by atoms with Gasteiger partial charge in [0.2, 0.25) is 5.91 Å². The zero-order valence-electron chi connectivity index (χ0n) is 26.8. The van der Waals surface area contributed by atoms with E-state index >= 15 is 0 Å². The predicted molar refractivity (Wildman–Crippen MR) is 178 cm³/mol. The molecule has 5 aromatic rings. The summed E-state index contributed by atoms with van der Waals surface area (Å²) >= 11 is 0. The van der Waals surface area contributed by atoms with Gasteiger partial charge in [-0.2, -0.15) is 0 Å². The average Bonchev–Trinajstić information content (AvgIpc) is 3.93. The Morgan fingerprint density at radius 2 is 1.64 bits per heavy atom. The molecule has 47 heavy (non-hydrogen) atoms. The van der Waals surface area contributed by atoms with E-state index in [1.807, 2.05) is 43.1 Å². The van der Waals surface area contributed by atoms with E-state index < -0.39 is 12.1 Å². The van der Waals surface area contributed by atoms with Crippen molar-refractivity contribution in [1.82, 2.24) is 45.4 Å². The number of hydrogen-bond acceptors (Lipinski definition) is 8. The van der Waals surface area contributed by atoms with Crippen molar-refractivity contribution >= 4 is 23.0 Å². The number of amides is 2. The van der Waals surface area contributed by atoms with Gasteiger partial charge in [0.15, 0.2) is 0 Å². The number of benzene rings is 2. The molecule has 2 amide bonds. The number of hydrogen-bond donors (Lipinski definition) is 4. The number of ether oxygens (including phenoxy) is 1. The van der Waals surface area contributed by atoms with Crippen LogP contribution in [0.5, 0.6) is 0 Å². The normalized spacial score (nSPS) is 18.6. The monoisotopic (exact) mass is 633 g/mol. The van der Waals surface area contributed by atoms with Crippen molar-refractivity contribution in [2.75, 3.05) is 20.2 Å². The molecule has 2 aliphatic rings. The molecule has 242 valence electrons. The van der Waals surface area contributed by atoms with Crippen LogP contribution in [-0.4, -0.2) is 73.0 Å². The highest BCUT2D eigenvalue weighted by Crippen LogP contribution is 2.34. The molecule has 4 N–H and O–H groups in total. The lowest BCUT2D eigenvalue weighted by molar-refractivity contribution is -0.135. The molecule has 3 unspecified atom stereocenters. The van der Waals surface area contributed by atoms with Gasteiger partial charge in [0, 0.05) is 17.7 Å². The van der Waals surface area contributed by atoms with Gasteiger partial charge < -0.3 is 30.2 Å². The first kappa shape index (κ1) is 30.5. The molecule has 7 rings (SSSR count). The molecule has 3 aromatic heterocycles. The maximum Gasteiger partial charge on any atom is 0.407 e. The van der Waals surface area contributed by atoms with E-state index in [0.717, 1.165) is 82.3 Å². The second-order valence-electron chi connectivity index (χ2n) is 12.6. The number of fused-ring (bicyclic) bond motifs is 1.